The summed E-state index contributed by atoms with van der Waals surface area (Å²) in [7, 11) is 0. The van der Waals surface area contributed by atoms with Crippen molar-refractivity contribution >= 4 is 0 Å². The van der Waals surface area contributed by atoms with Gasteiger partial charge in [0.15, 0.2) is 0 Å². The first-order valence-corrected chi connectivity index (χ1v) is 5.88. The Morgan fingerprint density at radius 3 is 2.36 bits per heavy atom. The normalized spacial score (nSPS) is 44.1. The third kappa shape index (κ3) is 2.47. The van der Waals surface area contributed by atoms with E-state index in [1.807, 2.05) is 0 Å². The molecule has 0 aromatic heterocycles. The van der Waals surface area contributed by atoms with Crippen LogP contribution in [0.4, 0.5) is 0 Å². The average molecular weight is 199 g/mol. The number of aliphatic hydroxyl groups excluding tert-OH is 2. The molecule has 3 heteroatoms. The molecule has 14 heavy (non-hydrogen) atoms. The van der Waals surface area contributed by atoms with E-state index in [4.69, 9.17) is 5.11 Å². The van der Waals surface area contributed by atoms with Crippen molar-refractivity contribution < 1.29 is 10.2 Å². The molecule has 2 unspecified atom stereocenters. The molecule has 2 fully saturated rings. The van der Waals surface area contributed by atoms with E-state index in [2.05, 4.69) is 5.32 Å². The van der Waals surface area contributed by atoms with Crippen LogP contribution in [0.25, 0.3) is 0 Å². The maximum absolute atomic E-state index is 9.86. The van der Waals surface area contributed by atoms with Crippen LogP contribution in [0.15, 0.2) is 0 Å². The van der Waals surface area contributed by atoms with Crippen LogP contribution in [0.1, 0.15) is 44.9 Å². The molecule has 0 saturated heterocycles. The van der Waals surface area contributed by atoms with Gasteiger partial charge >= 0.3 is 0 Å². The largest absolute Gasteiger partial charge is 0.393 e. The molecular formula is C11H21NO2. The fourth-order valence-electron chi connectivity index (χ4n) is 2.51. The first kappa shape index (κ1) is 10.4. The predicted molar refractivity (Wildman–Crippen MR) is 55.0 cm³/mol. The number of rotatable bonds is 2. The minimum atomic E-state index is -0.171. The van der Waals surface area contributed by atoms with Gasteiger partial charge in [-0.2, -0.15) is 0 Å². The van der Waals surface area contributed by atoms with Crippen molar-refractivity contribution in [2.24, 2.45) is 0 Å². The highest BCUT2D eigenvalue weighted by Crippen LogP contribution is 2.24. The van der Waals surface area contributed by atoms with Crippen LogP contribution in [0.3, 0.4) is 0 Å². The Bertz CT molecular complexity index is 180. The molecule has 0 heterocycles. The molecule has 0 amide bonds. The van der Waals surface area contributed by atoms with Crippen LogP contribution in [0.5, 0.6) is 0 Å². The summed E-state index contributed by atoms with van der Waals surface area (Å²) in [4.78, 5) is 0. The van der Waals surface area contributed by atoms with Crippen molar-refractivity contribution in [3.8, 4) is 0 Å². The molecule has 2 saturated carbocycles. The summed E-state index contributed by atoms with van der Waals surface area (Å²) in [6.07, 6.45) is 7.12. The fourth-order valence-corrected chi connectivity index (χ4v) is 2.51. The smallest absolute Gasteiger partial charge is 0.0693 e. The number of nitrogens with one attached hydrogen (secondary N) is 1. The highest BCUT2D eigenvalue weighted by atomic mass is 16.3. The summed E-state index contributed by atoms with van der Waals surface area (Å²) >= 11 is 0. The maximum atomic E-state index is 9.86. The van der Waals surface area contributed by atoms with E-state index in [1.54, 1.807) is 0 Å². The van der Waals surface area contributed by atoms with Gasteiger partial charge in [-0.05, 0) is 25.7 Å². The number of aliphatic hydroxyl groups is 2. The zero-order chi connectivity index (χ0) is 9.97. The van der Waals surface area contributed by atoms with Crippen LogP contribution in [0, 0.1) is 0 Å². The lowest BCUT2D eigenvalue weighted by atomic mass is 9.88. The summed E-state index contributed by atoms with van der Waals surface area (Å²) in [6, 6.07) is 0.720. The van der Waals surface area contributed by atoms with E-state index >= 15 is 0 Å². The second-order valence-corrected chi connectivity index (χ2v) is 4.80. The highest BCUT2D eigenvalue weighted by Gasteiger charge is 2.31. The standard InChI is InChI=1S/C11H21NO2/c13-9-6-8(7-9)12-10-4-2-1-3-5-11(10)14/h8-14H,1-7H2. The third-order valence-electron chi connectivity index (χ3n) is 3.54. The molecular weight excluding hydrogens is 178 g/mol. The van der Waals surface area contributed by atoms with Gasteiger partial charge in [-0.15, -0.1) is 0 Å². The quantitative estimate of drug-likeness (QED) is 0.576. The van der Waals surface area contributed by atoms with Crippen LogP contribution in [0.2, 0.25) is 0 Å². The Kier molecular flexibility index (Phi) is 3.42. The van der Waals surface area contributed by atoms with Gasteiger partial charge in [-0.25, -0.2) is 0 Å². The molecule has 2 aliphatic rings. The molecule has 0 radical (unpaired) electrons. The zero-order valence-electron chi connectivity index (χ0n) is 8.65. The molecule has 0 aliphatic heterocycles. The Labute approximate surface area is 85.5 Å². The van der Waals surface area contributed by atoms with Crippen LogP contribution in [-0.2, 0) is 0 Å². The van der Waals surface area contributed by atoms with Crippen molar-refractivity contribution in [2.75, 3.05) is 0 Å². The SMILES string of the molecule is OC1CC(NC2CCCCCC2O)C1. The van der Waals surface area contributed by atoms with E-state index in [1.165, 1.54) is 12.8 Å². The lowest BCUT2D eigenvalue weighted by Gasteiger charge is -2.36. The van der Waals surface area contributed by atoms with Crippen LogP contribution < -0.4 is 5.32 Å². The average Bonchev–Trinajstić information content (AvgIpc) is 2.29. The van der Waals surface area contributed by atoms with Gasteiger partial charge in [0.25, 0.3) is 0 Å². The van der Waals surface area contributed by atoms with Crippen molar-refractivity contribution in [1.82, 2.24) is 5.32 Å². The van der Waals surface area contributed by atoms with E-state index in [-0.39, 0.29) is 18.2 Å². The zero-order valence-corrected chi connectivity index (χ0v) is 8.65. The van der Waals surface area contributed by atoms with Gasteiger partial charge in [-0.3, -0.25) is 0 Å². The topological polar surface area (TPSA) is 52.5 Å². The molecule has 3 N–H and O–H groups in total. The summed E-state index contributed by atoms with van der Waals surface area (Å²) in [5.74, 6) is 0. The van der Waals surface area contributed by atoms with Gasteiger partial charge in [-0.1, -0.05) is 19.3 Å². The van der Waals surface area contributed by atoms with Crippen molar-refractivity contribution in [2.45, 2.75) is 69.2 Å². The molecule has 2 rings (SSSR count). The Hall–Kier alpha value is -0.120. The molecule has 2 aliphatic carbocycles. The molecule has 2 atom stereocenters. The van der Waals surface area contributed by atoms with E-state index in [0.29, 0.717) is 6.04 Å². The lowest BCUT2D eigenvalue weighted by molar-refractivity contribution is 0.0395. The summed E-state index contributed by atoms with van der Waals surface area (Å²) in [6.45, 7) is 0. The summed E-state index contributed by atoms with van der Waals surface area (Å²) < 4.78 is 0. The Morgan fingerprint density at radius 2 is 1.64 bits per heavy atom. The molecule has 0 spiro atoms. The summed E-state index contributed by atoms with van der Waals surface area (Å²) in [5, 5.41) is 22.5. The molecule has 0 bridgehead atoms. The van der Waals surface area contributed by atoms with Crippen molar-refractivity contribution in [1.29, 1.82) is 0 Å². The minimum absolute atomic E-state index is 0.101. The second-order valence-electron chi connectivity index (χ2n) is 4.80. The van der Waals surface area contributed by atoms with Gasteiger partial charge in [0.2, 0.25) is 0 Å². The van der Waals surface area contributed by atoms with E-state index in [0.717, 1.165) is 32.1 Å². The van der Waals surface area contributed by atoms with Crippen molar-refractivity contribution in [3.63, 3.8) is 0 Å². The lowest BCUT2D eigenvalue weighted by Crippen LogP contribution is -2.51. The van der Waals surface area contributed by atoms with Gasteiger partial charge < -0.3 is 15.5 Å². The Balaban J connectivity index is 1.77. The molecule has 0 aromatic rings. The number of hydrogen-bond donors (Lipinski definition) is 3. The Morgan fingerprint density at radius 1 is 0.929 bits per heavy atom. The fraction of sp³-hybridized carbons (Fsp3) is 1.00. The van der Waals surface area contributed by atoms with Gasteiger partial charge in [0, 0.05) is 12.1 Å². The maximum Gasteiger partial charge on any atom is 0.0693 e. The highest BCUT2D eigenvalue weighted by molar-refractivity contribution is 4.89. The first-order valence-electron chi connectivity index (χ1n) is 5.88. The van der Waals surface area contributed by atoms with Crippen LogP contribution in [-0.4, -0.2) is 34.5 Å². The number of hydrogen-bond acceptors (Lipinski definition) is 3. The predicted octanol–water partition coefficient (Wildman–Crippen LogP) is 0.793. The second kappa shape index (κ2) is 4.60. The van der Waals surface area contributed by atoms with E-state index in [9.17, 15) is 5.11 Å². The third-order valence-corrected chi connectivity index (χ3v) is 3.54. The van der Waals surface area contributed by atoms with Gasteiger partial charge in [0.1, 0.15) is 0 Å². The molecule has 3 nitrogen and oxygen atoms in total. The van der Waals surface area contributed by atoms with Gasteiger partial charge in [0.05, 0.1) is 12.2 Å². The first-order chi connectivity index (χ1) is 6.75. The summed E-state index contributed by atoms with van der Waals surface area (Å²) in [5.41, 5.74) is 0. The minimum Gasteiger partial charge on any atom is -0.393 e. The monoisotopic (exact) mass is 199 g/mol. The van der Waals surface area contributed by atoms with E-state index < -0.39 is 0 Å². The van der Waals surface area contributed by atoms with Crippen molar-refractivity contribution in [3.05, 3.63) is 0 Å². The molecule has 0 aromatic carbocycles. The van der Waals surface area contributed by atoms with Crippen LogP contribution >= 0.6 is 0 Å². The molecule has 82 valence electrons.